The van der Waals surface area contributed by atoms with Gasteiger partial charge in [-0.25, -0.2) is 9.78 Å². The summed E-state index contributed by atoms with van der Waals surface area (Å²) in [5, 5.41) is 1.78. The second-order valence-corrected chi connectivity index (χ2v) is 4.26. The van der Waals surface area contributed by atoms with Gasteiger partial charge in [0.15, 0.2) is 5.69 Å². The fourth-order valence-corrected chi connectivity index (χ4v) is 1.84. The van der Waals surface area contributed by atoms with Crippen molar-refractivity contribution in [3.8, 4) is 0 Å². The molecule has 1 aromatic carbocycles. The Bertz CT molecular complexity index is 563. The Hall–Kier alpha value is -1.94. The summed E-state index contributed by atoms with van der Waals surface area (Å²) in [7, 11) is 0. The van der Waals surface area contributed by atoms with Crippen molar-refractivity contribution in [3.05, 3.63) is 42.2 Å². The van der Waals surface area contributed by atoms with E-state index in [2.05, 4.69) is 4.98 Å². The van der Waals surface area contributed by atoms with E-state index in [-0.39, 0.29) is 6.10 Å². The lowest BCUT2D eigenvalue weighted by molar-refractivity contribution is 0.00407. The summed E-state index contributed by atoms with van der Waals surface area (Å²) in [6.07, 6.45) is 1.33. The van der Waals surface area contributed by atoms with Gasteiger partial charge < -0.3 is 9.47 Å². The molecule has 0 N–H and O–H groups in total. The Labute approximate surface area is 112 Å². The van der Waals surface area contributed by atoms with Crippen molar-refractivity contribution >= 4 is 16.7 Å². The molecule has 0 radical (unpaired) electrons. The molecule has 100 valence electrons. The van der Waals surface area contributed by atoms with Gasteiger partial charge in [-0.3, -0.25) is 0 Å². The molecule has 0 fully saturated rings. The lowest BCUT2D eigenvalue weighted by atomic mass is 10.1. The molecule has 1 aromatic heterocycles. The van der Waals surface area contributed by atoms with Crippen LogP contribution >= 0.6 is 0 Å². The number of esters is 1. The molecule has 0 aliphatic carbocycles. The number of pyridine rings is 1. The predicted octanol–water partition coefficient (Wildman–Crippen LogP) is 2.82. The van der Waals surface area contributed by atoms with Crippen LogP contribution in [0.15, 0.2) is 36.5 Å². The van der Waals surface area contributed by atoms with E-state index in [4.69, 9.17) is 9.47 Å². The van der Waals surface area contributed by atoms with Crippen molar-refractivity contribution in [2.45, 2.75) is 20.0 Å². The molecule has 4 heteroatoms. The van der Waals surface area contributed by atoms with Crippen molar-refractivity contribution < 1.29 is 14.3 Å². The fourth-order valence-electron chi connectivity index (χ4n) is 1.84. The maximum Gasteiger partial charge on any atom is 0.357 e. The third kappa shape index (κ3) is 3.29. The maximum absolute atomic E-state index is 12.1. The van der Waals surface area contributed by atoms with E-state index in [0.717, 1.165) is 10.8 Å². The Balaban J connectivity index is 2.17. The van der Waals surface area contributed by atoms with Crippen molar-refractivity contribution in [3.63, 3.8) is 0 Å². The second kappa shape index (κ2) is 6.29. The molecular formula is C15H17NO3. The highest BCUT2D eigenvalue weighted by Gasteiger charge is 2.16. The molecule has 1 heterocycles. The van der Waals surface area contributed by atoms with E-state index in [0.29, 0.717) is 18.9 Å². The summed E-state index contributed by atoms with van der Waals surface area (Å²) >= 11 is 0. The summed E-state index contributed by atoms with van der Waals surface area (Å²) in [6.45, 7) is 4.71. The Morgan fingerprint density at radius 2 is 2.11 bits per heavy atom. The highest BCUT2D eigenvalue weighted by Crippen LogP contribution is 2.17. The van der Waals surface area contributed by atoms with Gasteiger partial charge in [0.05, 0.1) is 6.61 Å². The zero-order chi connectivity index (χ0) is 13.7. The van der Waals surface area contributed by atoms with Crippen LogP contribution in [0.5, 0.6) is 0 Å². The van der Waals surface area contributed by atoms with Crippen LogP contribution in [0.3, 0.4) is 0 Å². The van der Waals surface area contributed by atoms with Gasteiger partial charge in [-0.15, -0.1) is 0 Å². The zero-order valence-electron chi connectivity index (χ0n) is 11.1. The van der Waals surface area contributed by atoms with E-state index in [9.17, 15) is 4.79 Å². The average Bonchev–Trinajstić information content (AvgIpc) is 2.44. The van der Waals surface area contributed by atoms with E-state index >= 15 is 0 Å². The molecule has 0 unspecified atom stereocenters. The number of fused-ring (bicyclic) bond motifs is 1. The van der Waals surface area contributed by atoms with E-state index in [1.54, 1.807) is 13.1 Å². The van der Waals surface area contributed by atoms with Crippen LogP contribution in [0.1, 0.15) is 24.3 Å². The smallest absolute Gasteiger partial charge is 0.357 e. The van der Waals surface area contributed by atoms with Gasteiger partial charge in [-0.05, 0) is 25.3 Å². The van der Waals surface area contributed by atoms with Crippen molar-refractivity contribution in [1.29, 1.82) is 0 Å². The SMILES string of the molecule is CCOC[C@@H](C)OC(=O)c1nccc2ccccc12. The summed E-state index contributed by atoms with van der Waals surface area (Å²) in [6, 6.07) is 9.48. The largest absolute Gasteiger partial charge is 0.455 e. The molecule has 19 heavy (non-hydrogen) atoms. The number of ether oxygens (including phenoxy) is 2. The van der Waals surface area contributed by atoms with E-state index < -0.39 is 5.97 Å². The van der Waals surface area contributed by atoms with Crippen LogP contribution in [-0.4, -0.2) is 30.3 Å². The highest BCUT2D eigenvalue weighted by molar-refractivity contribution is 6.02. The van der Waals surface area contributed by atoms with Crippen LogP contribution in [0.4, 0.5) is 0 Å². The Kier molecular flexibility index (Phi) is 4.47. The number of hydrogen-bond donors (Lipinski definition) is 0. The minimum Gasteiger partial charge on any atom is -0.455 e. The van der Waals surface area contributed by atoms with E-state index in [1.807, 2.05) is 37.3 Å². The van der Waals surface area contributed by atoms with Crippen LogP contribution in [0.25, 0.3) is 10.8 Å². The van der Waals surface area contributed by atoms with Gasteiger partial charge in [0.2, 0.25) is 0 Å². The number of benzene rings is 1. The number of nitrogens with zero attached hydrogens (tertiary/aromatic N) is 1. The molecule has 1 atom stereocenters. The molecule has 0 saturated carbocycles. The Morgan fingerprint density at radius 3 is 2.89 bits per heavy atom. The summed E-state index contributed by atoms with van der Waals surface area (Å²) in [5.41, 5.74) is 0.349. The molecular weight excluding hydrogens is 242 g/mol. The zero-order valence-corrected chi connectivity index (χ0v) is 11.1. The van der Waals surface area contributed by atoms with Crippen molar-refractivity contribution in [2.75, 3.05) is 13.2 Å². The van der Waals surface area contributed by atoms with Gasteiger partial charge in [-0.2, -0.15) is 0 Å². The molecule has 0 spiro atoms. The lowest BCUT2D eigenvalue weighted by Gasteiger charge is -2.13. The molecule has 4 nitrogen and oxygen atoms in total. The number of hydrogen-bond acceptors (Lipinski definition) is 4. The Morgan fingerprint density at radius 1 is 1.32 bits per heavy atom. The topological polar surface area (TPSA) is 48.4 Å². The van der Waals surface area contributed by atoms with Crippen molar-refractivity contribution in [1.82, 2.24) is 4.98 Å². The molecule has 0 bridgehead atoms. The van der Waals surface area contributed by atoms with Gasteiger partial charge in [-0.1, -0.05) is 24.3 Å². The quantitative estimate of drug-likeness (QED) is 0.775. The minimum atomic E-state index is -0.413. The summed E-state index contributed by atoms with van der Waals surface area (Å²) in [4.78, 5) is 16.2. The number of carbonyl (C=O) groups is 1. The van der Waals surface area contributed by atoms with Gasteiger partial charge >= 0.3 is 5.97 Å². The number of aromatic nitrogens is 1. The van der Waals surface area contributed by atoms with Gasteiger partial charge in [0.25, 0.3) is 0 Å². The van der Waals surface area contributed by atoms with Crippen LogP contribution in [0, 0.1) is 0 Å². The standard InChI is InChI=1S/C15H17NO3/c1-3-18-10-11(2)19-15(17)14-13-7-5-4-6-12(13)8-9-16-14/h4-9,11H,3,10H2,1-2H3/t11-/m1/s1. The van der Waals surface area contributed by atoms with Gasteiger partial charge in [0.1, 0.15) is 6.10 Å². The fraction of sp³-hybridized carbons (Fsp3) is 0.333. The first kappa shape index (κ1) is 13.5. The summed E-state index contributed by atoms with van der Waals surface area (Å²) in [5.74, 6) is -0.413. The highest BCUT2D eigenvalue weighted by atomic mass is 16.6. The third-order valence-corrected chi connectivity index (χ3v) is 2.73. The van der Waals surface area contributed by atoms with Gasteiger partial charge in [0, 0.05) is 18.2 Å². The monoisotopic (exact) mass is 259 g/mol. The molecule has 2 aromatic rings. The maximum atomic E-state index is 12.1. The second-order valence-electron chi connectivity index (χ2n) is 4.26. The number of rotatable bonds is 5. The predicted molar refractivity (Wildman–Crippen MR) is 73.1 cm³/mol. The first-order valence-electron chi connectivity index (χ1n) is 6.35. The van der Waals surface area contributed by atoms with E-state index in [1.165, 1.54) is 0 Å². The number of carbonyl (C=O) groups excluding carboxylic acids is 1. The molecule has 0 amide bonds. The molecule has 0 aliphatic heterocycles. The normalized spacial score (nSPS) is 12.3. The lowest BCUT2D eigenvalue weighted by Crippen LogP contribution is -2.21. The average molecular weight is 259 g/mol. The molecule has 0 aliphatic rings. The molecule has 2 rings (SSSR count). The molecule has 0 saturated heterocycles. The van der Waals surface area contributed by atoms with Crippen LogP contribution < -0.4 is 0 Å². The third-order valence-electron chi connectivity index (χ3n) is 2.73. The summed E-state index contributed by atoms with van der Waals surface area (Å²) < 4.78 is 10.5. The van der Waals surface area contributed by atoms with Crippen LogP contribution in [0.2, 0.25) is 0 Å². The first-order chi connectivity index (χ1) is 9.22. The minimum absolute atomic E-state index is 0.284. The first-order valence-corrected chi connectivity index (χ1v) is 6.35. The van der Waals surface area contributed by atoms with Crippen LogP contribution in [-0.2, 0) is 9.47 Å². The van der Waals surface area contributed by atoms with Crippen molar-refractivity contribution in [2.24, 2.45) is 0 Å².